The van der Waals surface area contributed by atoms with Gasteiger partial charge in [-0.1, -0.05) is 13.8 Å². The molecule has 2 fully saturated rings. The molecular weight excluding hydrogens is 216 g/mol. The number of carbonyl (C=O) groups is 1. The summed E-state index contributed by atoms with van der Waals surface area (Å²) >= 11 is 0. The summed E-state index contributed by atoms with van der Waals surface area (Å²) in [4.78, 5) is 12.2. The molecule has 2 aliphatic rings. The van der Waals surface area contributed by atoms with E-state index in [1.807, 2.05) is 0 Å². The van der Waals surface area contributed by atoms with Crippen LogP contribution in [0, 0.1) is 11.8 Å². The second-order valence-corrected chi connectivity index (χ2v) is 5.43. The van der Waals surface area contributed by atoms with Crippen molar-refractivity contribution in [3.63, 3.8) is 0 Å². The molecule has 2 rings (SSSR count). The van der Waals surface area contributed by atoms with Gasteiger partial charge in [-0.05, 0) is 31.7 Å². The van der Waals surface area contributed by atoms with Crippen LogP contribution in [0.5, 0.6) is 0 Å². The minimum absolute atomic E-state index is 0.00847. The fourth-order valence-corrected chi connectivity index (χ4v) is 2.92. The fourth-order valence-electron chi connectivity index (χ4n) is 2.92. The third-order valence-electron chi connectivity index (χ3n) is 3.92. The van der Waals surface area contributed by atoms with Gasteiger partial charge in [0.25, 0.3) is 0 Å². The monoisotopic (exact) mass is 240 g/mol. The first kappa shape index (κ1) is 12.8. The number of ether oxygens (including phenoxy) is 1. The summed E-state index contributed by atoms with van der Waals surface area (Å²) in [6, 6.07) is 0.583. The summed E-state index contributed by atoms with van der Waals surface area (Å²) in [7, 11) is 0. The van der Waals surface area contributed by atoms with Crippen LogP contribution in [-0.2, 0) is 9.53 Å². The van der Waals surface area contributed by atoms with Gasteiger partial charge in [0.2, 0.25) is 5.91 Å². The van der Waals surface area contributed by atoms with Crippen LogP contribution in [0.25, 0.3) is 0 Å². The van der Waals surface area contributed by atoms with Crippen LogP contribution in [0.4, 0.5) is 0 Å². The molecule has 2 N–H and O–H groups in total. The number of hydrogen-bond donors (Lipinski definition) is 2. The molecule has 4 nitrogen and oxygen atoms in total. The molecule has 0 aromatic carbocycles. The Hall–Kier alpha value is -0.610. The predicted octanol–water partition coefficient (Wildman–Crippen LogP) is 0.916. The van der Waals surface area contributed by atoms with Gasteiger partial charge >= 0.3 is 0 Å². The minimum atomic E-state index is -0.00847. The standard InChI is InChI=1S/C13H24N2O2/c1-3-14-12-8-17-7-11(12)13(16)15-10-5-4-9(2)6-10/h9-12,14H,3-8H2,1-2H3,(H,15,16). The Morgan fingerprint density at radius 3 is 2.82 bits per heavy atom. The molecule has 0 bridgehead atoms. The molecular formula is C13H24N2O2. The van der Waals surface area contributed by atoms with Gasteiger partial charge in [0.15, 0.2) is 0 Å². The molecule has 1 aliphatic carbocycles. The summed E-state index contributed by atoms with van der Waals surface area (Å²) in [5.74, 6) is 0.920. The Morgan fingerprint density at radius 1 is 1.35 bits per heavy atom. The zero-order chi connectivity index (χ0) is 12.3. The van der Waals surface area contributed by atoms with E-state index in [-0.39, 0.29) is 17.9 Å². The number of likely N-dealkylation sites (N-methyl/N-ethyl adjacent to an activating group) is 1. The lowest BCUT2D eigenvalue weighted by molar-refractivity contribution is -0.126. The molecule has 0 spiro atoms. The largest absolute Gasteiger partial charge is 0.379 e. The van der Waals surface area contributed by atoms with E-state index in [1.165, 1.54) is 6.42 Å². The van der Waals surface area contributed by atoms with Crippen LogP contribution in [0.1, 0.15) is 33.1 Å². The quantitative estimate of drug-likeness (QED) is 0.768. The minimum Gasteiger partial charge on any atom is -0.379 e. The van der Waals surface area contributed by atoms with E-state index in [4.69, 9.17) is 4.74 Å². The molecule has 1 heterocycles. The summed E-state index contributed by atoms with van der Waals surface area (Å²) < 4.78 is 5.41. The van der Waals surface area contributed by atoms with Gasteiger partial charge in [-0.15, -0.1) is 0 Å². The van der Waals surface area contributed by atoms with Crippen molar-refractivity contribution in [1.29, 1.82) is 0 Å². The molecule has 0 radical (unpaired) electrons. The average Bonchev–Trinajstić information content (AvgIpc) is 2.88. The van der Waals surface area contributed by atoms with Gasteiger partial charge in [0.05, 0.1) is 19.1 Å². The molecule has 4 heteroatoms. The SMILES string of the molecule is CCNC1COCC1C(=O)NC1CCC(C)C1. The summed E-state index contributed by atoms with van der Waals surface area (Å²) in [5.41, 5.74) is 0. The Balaban J connectivity index is 1.82. The first-order valence-corrected chi connectivity index (χ1v) is 6.82. The second-order valence-electron chi connectivity index (χ2n) is 5.43. The predicted molar refractivity (Wildman–Crippen MR) is 66.7 cm³/mol. The molecule has 1 amide bonds. The molecule has 98 valence electrons. The highest BCUT2D eigenvalue weighted by atomic mass is 16.5. The Morgan fingerprint density at radius 2 is 2.18 bits per heavy atom. The van der Waals surface area contributed by atoms with Crippen molar-refractivity contribution in [1.82, 2.24) is 10.6 Å². The molecule has 4 atom stereocenters. The Labute approximate surface area is 103 Å². The summed E-state index contributed by atoms with van der Waals surface area (Å²) in [6.45, 7) is 6.43. The third kappa shape index (κ3) is 3.19. The first-order valence-electron chi connectivity index (χ1n) is 6.82. The number of carbonyl (C=O) groups excluding carboxylic acids is 1. The van der Waals surface area contributed by atoms with Gasteiger partial charge in [-0.25, -0.2) is 0 Å². The van der Waals surface area contributed by atoms with Gasteiger partial charge in [-0.2, -0.15) is 0 Å². The number of hydrogen-bond acceptors (Lipinski definition) is 3. The van der Waals surface area contributed by atoms with Crippen LogP contribution >= 0.6 is 0 Å². The van der Waals surface area contributed by atoms with Crippen LogP contribution in [-0.4, -0.2) is 37.7 Å². The average molecular weight is 240 g/mol. The number of amides is 1. The maximum atomic E-state index is 12.2. The smallest absolute Gasteiger partial charge is 0.227 e. The van der Waals surface area contributed by atoms with Crippen molar-refractivity contribution in [2.75, 3.05) is 19.8 Å². The molecule has 1 saturated heterocycles. The lowest BCUT2D eigenvalue weighted by Gasteiger charge is -2.20. The van der Waals surface area contributed by atoms with Crippen molar-refractivity contribution in [3.05, 3.63) is 0 Å². The van der Waals surface area contributed by atoms with E-state index >= 15 is 0 Å². The van der Waals surface area contributed by atoms with Crippen molar-refractivity contribution in [3.8, 4) is 0 Å². The van der Waals surface area contributed by atoms with Crippen molar-refractivity contribution in [2.45, 2.75) is 45.2 Å². The van der Waals surface area contributed by atoms with E-state index in [9.17, 15) is 4.79 Å². The second kappa shape index (κ2) is 5.83. The molecule has 17 heavy (non-hydrogen) atoms. The number of nitrogens with one attached hydrogen (secondary N) is 2. The van der Waals surface area contributed by atoms with Crippen LogP contribution < -0.4 is 10.6 Å². The van der Waals surface area contributed by atoms with Crippen molar-refractivity contribution >= 4 is 5.91 Å². The van der Waals surface area contributed by atoms with Gasteiger partial charge < -0.3 is 15.4 Å². The van der Waals surface area contributed by atoms with Crippen LogP contribution in [0.15, 0.2) is 0 Å². The highest BCUT2D eigenvalue weighted by molar-refractivity contribution is 5.80. The topological polar surface area (TPSA) is 50.4 Å². The zero-order valence-electron chi connectivity index (χ0n) is 10.9. The highest BCUT2D eigenvalue weighted by Gasteiger charge is 2.35. The molecule has 0 aromatic heterocycles. The Bertz CT molecular complexity index is 270. The van der Waals surface area contributed by atoms with Crippen molar-refractivity contribution < 1.29 is 9.53 Å². The lowest BCUT2D eigenvalue weighted by atomic mass is 10.0. The molecule has 4 unspecified atom stereocenters. The Kier molecular flexibility index (Phi) is 4.40. The van der Waals surface area contributed by atoms with Crippen LogP contribution in [0.3, 0.4) is 0 Å². The van der Waals surface area contributed by atoms with Crippen LogP contribution in [0.2, 0.25) is 0 Å². The maximum Gasteiger partial charge on any atom is 0.227 e. The number of rotatable bonds is 4. The maximum absolute atomic E-state index is 12.2. The third-order valence-corrected chi connectivity index (χ3v) is 3.92. The first-order chi connectivity index (χ1) is 8.20. The molecule has 0 aromatic rings. The van der Waals surface area contributed by atoms with E-state index in [0.29, 0.717) is 19.3 Å². The van der Waals surface area contributed by atoms with E-state index < -0.39 is 0 Å². The normalized spacial score (nSPS) is 37.3. The zero-order valence-corrected chi connectivity index (χ0v) is 10.9. The van der Waals surface area contributed by atoms with E-state index in [1.54, 1.807) is 0 Å². The van der Waals surface area contributed by atoms with E-state index in [0.717, 1.165) is 25.3 Å². The van der Waals surface area contributed by atoms with Gasteiger partial charge in [-0.3, -0.25) is 4.79 Å². The summed E-state index contributed by atoms with van der Waals surface area (Å²) in [6.07, 6.45) is 3.50. The van der Waals surface area contributed by atoms with Crippen molar-refractivity contribution in [2.24, 2.45) is 11.8 Å². The summed E-state index contributed by atoms with van der Waals surface area (Å²) in [5, 5.41) is 6.50. The van der Waals surface area contributed by atoms with E-state index in [2.05, 4.69) is 24.5 Å². The molecule has 1 aliphatic heterocycles. The molecule has 1 saturated carbocycles. The highest BCUT2D eigenvalue weighted by Crippen LogP contribution is 2.25. The fraction of sp³-hybridized carbons (Fsp3) is 0.923. The van der Waals surface area contributed by atoms with Gasteiger partial charge in [0, 0.05) is 12.1 Å². The lowest BCUT2D eigenvalue weighted by Crippen LogP contribution is -2.46. The van der Waals surface area contributed by atoms with Gasteiger partial charge in [0.1, 0.15) is 0 Å².